The molecule has 0 radical (unpaired) electrons. The summed E-state index contributed by atoms with van der Waals surface area (Å²) in [4.78, 5) is 15.1. The van der Waals surface area contributed by atoms with Crippen molar-refractivity contribution < 1.29 is 14.8 Å². The molecule has 0 aliphatic heterocycles. The van der Waals surface area contributed by atoms with Gasteiger partial charge >= 0.3 is 0 Å². The quantitative estimate of drug-likeness (QED) is 0.357. The molecule has 7 heteroatoms. The number of aromatic hydroxyl groups is 1. The van der Waals surface area contributed by atoms with Gasteiger partial charge < -0.3 is 9.84 Å². The number of phenolic OH excluding ortho intramolecular Hbond substituents is 1. The van der Waals surface area contributed by atoms with Crippen LogP contribution in [0.25, 0.3) is 23.1 Å². The first-order valence-corrected chi connectivity index (χ1v) is 8.36. The summed E-state index contributed by atoms with van der Waals surface area (Å²) in [5, 5.41) is 21.7. The van der Waals surface area contributed by atoms with Crippen molar-refractivity contribution >= 4 is 51.3 Å². The highest BCUT2D eigenvalue weighted by molar-refractivity contribution is 14.1. The standard InChI is InChI=1S/C18H13IN2O4/c1-25-16-10-11(9-14(19)18(16)22)5-7-13-8-6-12-3-2-4-15(21(23)24)17(12)20-13/h2-10,22H,1H3/b7-5+. The van der Waals surface area contributed by atoms with Crippen LogP contribution in [0.15, 0.2) is 42.5 Å². The lowest BCUT2D eigenvalue weighted by Crippen LogP contribution is -1.92. The topological polar surface area (TPSA) is 85.5 Å². The second-order valence-corrected chi connectivity index (χ2v) is 6.39. The number of hydrogen-bond acceptors (Lipinski definition) is 5. The van der Waals surface area contributed by atoms with Gasteiger partial charge in [-0.1, -0.05) is 24.3 Å². The van der Waals surface area contributed by atoms with Gasteiger partial charge in [-0.3, -0.25) is 10.1 Å². The fraction of sp³-hybridized carbons (Fsp3) is 0.0556. The normalized spacial score (nSPS) is 11.1. The van der Waals surface area contributed by atoms with Crippen molar-refractivity contribution in [3.63, 3.8) is 0 Å². The maximum Gasteiger partial charge on any atom is 0.295 e. The summed E-state index contributed by atoms with van der Waals surface area (Å²) in [5.41, 5.74) is 1.76. The Hall–Kier alpha value is -2.68. The predicted octanol–water partition coefficient (Wildman–Crippen LogP) is 4.63. The van der Waals surface area contributed by atoms with E-state index < -0.39 is 4.92 Å². The Morgan fingerprint density at radius 1 is 1.24 bits per heavy atom. The summed E-state index contributed by atoms with van der Waals surface area (Å²) >= 11 is 2.02. The molecule has 0 saturated carbocycles. The first kappa shape index (κ1) is 17.2. The van der Waals surface area contributed by atoms with Gasteiger partial charge in [-0.15, -0.1) is 0 Å². The summed E-state index contributed by atoms with van der Waals surface area (Å²) in [6, 6.07) is 12.0. The van der Waals surface area contributed by atoms with E-state index in [9.17, 15) is 15.2 Å². The molecule has 0 unspecified atom stereocenters. The molecule has 3 aromatic rings. The summed E-state index contributed by atoms with van der Waals surface area (Å²) in [7, 11) is 1.49. The molecule has 0 atom stereocenters. The molecule has 2 aromatic carbocycles. The average molecular weight is 448 g/mol. The van der Waals surface area contributed by atoms with Crippen molar-refractivity contribution in [2.45, 2.75) is 0 Å². The molecule has 1 N–H and O–H groups in total. The van der Waals surface area contributed by atoms with Gasteiger partial charge in [0.2, 0.25) is 0 Å². The van der Waals surface area contributed by atoms with Crippen LogP contribution in [0.5, 0.6) is 11.5 Å². The lowest BCUT2D eigenvalue weighted by Gasteiger charge is -2.06. The minimum atomic E-state index is -0.434. The van der Waals surface area contributed by atoms with E-state index in [-0.39, 0.29) is 11.4 Å². The van der Waals surface area contributed by atoms with E-state index in [0.29, 0.717) is 25.9 Å². The van der Waals surface area contributed by atoms with E-state index in [1.807, 2.05) is 28.7 Å². The van der Waals surface area contributed by atoms with Gasteiger partial charge in [0.05, 0.1) is 21.3 Å². The first-order chi connectivity index (χ1) is 12.0. The maximum atomic E-state index is 11.2. The number of non-ortho nitro benzene ring substituents is 1. The number of halogens is 1. The number of ether oxygens (including phenoxy) is 1. The molecule has 0 fully saturated rings. The number of methoxy groups -OCH3 is 1. The Morgan fingerprint density at radius 3 is 2.76 bits per heavy atom. The molecule has 0 spiro atoms. The third-order valence-corrected chi connectivity index (χ3v) is 4.46. The van der Waals surface area contributed by atoms with Crippen LogP contribution in [0.3, 0.4) is 0 Å². The van der Waals surface area contributed by atoms with Crippen molar-refractivity contribution in [1.29, 1.82) is 0 Å². The summed E-state index contributed by atoms with van der Waals surface area (Å²) in [6.45, 7) is 0. The third kappa shape index (κ3) is 3.55. The van der Waals surface area contributed by atoms with Gasteiger partial charge in [0.25, 0.3) is 5.69 Å². The Balaban J connectivity index is 2.01. The zero-order valence-corrected chi connectivity index (χ0v) is 15.3. The molecular formula is C18H13IN2O4. The van der Waals surface area contributed by atoms with Crippen LogP contribution in [0.2, 0.25) is 0 Å². The first-order valence-electron chi connectivity index (χ1n) is 7.28. The lowest BCUT2D eigenvalue weighted by molar-refractivity contribution is -0.383. The number of para-hydroxylation sites is 1. The number of fused-ring (bicyclic) bond motifs is 1. The molecule has 3 rings (SSSR count). The Kier molecular flexibility index (Phi) is 4.84. The number of phenols is 1. The minimum absolute atomic E-state index is 0.0198. The van der Waals surface area contributed by atoms with E-state index in [2.05, 4.69) is 4.98 Å². The van der Waals surface area contributed by atoms with Crippen molar-refractivity contribution in [3.8, 4) is 11.5 Å². The maximum absolute atomic E-state index is 11.2. The Morgan fingerprint density at radius 2 is 2.04 bits per heavy atom. The van der Waals surface area contributed by atoms with E-state index in [1.165, 1.54) is 13.2 Å². The zero-order valence-electron chi connectivity index (χ0n) is 13.1. The van der Waals surface area contributed by atoms with E-state index in [0.717, 1.165) is 5.56 Å². The molecule has 6 nitrogen and oxygen atoms in total. The summed E-state index contributed by atoms with van der Waals surface area (Å²) < 4.78 is 5.80. The number of nitro groups is 1. The van der Waals surface area contributed by atoms with Crippen LogP contribution in [-0.2, 0) is 0 Å². The Bertz CT molecular complexity index is 1000. The van der Waals surface area contributed by atoms with Crippen molar-refractivity contribution in [1.82, 2.24) is 4.98 Å². The smallest absolute Gasteiger partial charge is 0.295 e. The molecule has 1 heterocycles. The second-order valence-electron chi connectivity index (χ2n) is 5.23. The van der Waals surface area contributed by atoms with Crippen LogP contribution >= 0.6 is 22.6 Å². The van der Waals surface area contributed by atoms with Gasteiger partial charge in [-0.05, 0) is 52.4 Å². The summed E-state index contributed by atoms with van der Waals surface area (Å²) in [5.74, 6) is 0.480. The molecule has 0 aliphatic rings. The van der Waals surface area contributed by atoms with Gasteiger partial charge in [0, 0.05) is 11.5 Å². The second kappa shape index (κ2) is 7.06. The lowest BCUT2D eigenvalue weighted by atomic mass is 10.1. The van der Waals surface area contributed by atoms with Crippen LogP contribution < -0.4 is 4.74 Å². The van der Waals surface area contributed by atoms with Crippen LogP contribution in [0, 0.1) is 13.7 Å². The summed E-state index contributed by atoms with van der Waals surface area (Å²) in [6.07, 6.45) is 3.57. The van der Waals surface area contributed by atoms with Crippen LogP contribution in [-0.4, -0.2) is 22.1 Å². The van der Waals surface area contributed by atoms with E-state index in [4.69, 9.17) is 4.74 Å². The highest BCUT2D eigenvalue weighted by Gasteiger charge is 2.12. The van der Waals surface area contributed by atoms with Crippen molar-refractivity contribution in [2.24, 2.45) is 0 Å². The number of benzene rings is 2. The number of rotatable bonds is 4. The molecular weight excluding hydrogens is 435 g/mol. The average Bonchev–Trinajstić information content (AvgIpc) is 2.61. The van der Waals surface area contributed by atoms with Gasteiger partial charge in [0.1, 0.15) is 5.52 Å². The monoisotopic (exact) mass is 448 g/mol. The molecule has 25 heavy (non-hydrogen) atoms. The van der Waals surface area contributed by atoms with Gasteiger partial charge in [-0.2, -0.15) is 0 Å². The zero-order chi connectivity index (χ0) is 18.0. The number of nitrogens with zero attached hydrogens (tertiary/aromatic N) is 2. The Labute approximate surface area is 157 Å². The fourth-order valence-corrected chi connectivity index (χ4v) is 3.04. The van der Waals surface area contributed by atoms with E-state index >= 15 is 0 Å². The molecule has 0 bridgehead atoms. The number of aromatic nitrogens is 1. The largest absolute Gasteiger partial charge is 0.504 e. The number of nitro benzene ring substituents is 1. The predicted molar refractivity (Wildman–Crippen MR) is 105 cm³/mol. The van der Waals surface area contributed by atoms with Crippen LogP contribution in [0.1, 0.15) is 11.3 Å². The molecule has 0 aliphatic carbocycles. The van der Waals surface area contributed by atoms with Crippen LogP contribution in [0.4, 0.5) is 5.69 Å². The number of hydrogen-bond donors (Lipinski definition) is 1. The van der Waals surface area contributed by atoms with Gasteiger partial charge in [-0.25, -0.2) is 4.98 Å². The molecule has 1 aromatic heterocycles. The van der Waals surface area contributed by atoms with Gasteiger partial charge in [0.15, 0.2) is 11.5 Å². The molecule has 0 amide bonds. The SMILES string of the molecule is COc1cc(/C=C/c2ccc3cccc([N+](=O)[O-])c3n2)cc(I)c1O. The highest BCUT2D eigenvalue weighted by atomic mass is 127. The van der Waals surface area contributed by atoms with Crippen molar-refractivity contribution in [3.05, 3.63) is 67.4 Å². The van der Waals surface area contributed by atoms with E-state index in [1.54, 1.807) is 42.5 Å². The highest BCUT2D eigenvalue weighted by Crippen LogP contribution is 2.33. The fourth-order valence-electron chi connectivity index (χ4n) is 2.41. The van der Waals surface area contributed by atoms with Crippen molar-refractivity contribution in [2.75, 3.05) is 7.11 Å². The minimum Gasteiger partial charge on any atom is -0.504 e. The molecule has 0 saturated heterocycles. The third-order valence-electron chi connectivity index (χ3n) is 3.63. The number of pyridine rings is 1. The molecule has 126 valence electrons.